The number of carbonyl (C=O) groups excluding carboxylic acids is 1. The molecule has 0 radical (unpaired) electrons. The Morgan fingerprint density at radius 3 is 2.47 bits per heavy atom. The number of amides is 1. The van der Waals surface area contributed by atoms with E-state index in [-0.39, 0.29) is 5.91 Å². The molecule has 0 aromatic heterocycles. The molecule has 154 valence electrons. The topological polar surface area (TPSA) is 59.9 Å². The Morgan fingerprint density at radius 1 is 0.967 bits per heavy atom. The molecule has 0 heterocycles. The minimum atomic E-state index is -0.278. The SMILES string of the molecule is CCCOc1ccc(C(=O)N/N=C/c2cccc(OCc3ccc(C)cc3)c2)cc1. The molecule has 3 aromatic carbocycles. The summed E-state index contributed by atoms with van der Waals surface area (Å²) in [5.74, 6) is 1.22. The van der Waals surface area contributed by atoms with E-state index in [1.807, 2.05) is 31.2 Å². The molecular weight excluding hydrogens is 376 g/mol. The molecular formula is C25H26N2O3. The third kappa shape index (κ3) is 6.48. The maximum absolute atomic E-state index is 12.2. The normalized spacial score (nSPS) is 10.7. The zero-order valence-electron chi connectivity index (χ0n) is 17.3. The fourth-order valence-electron chi connectivity index (χ4n) is 2.69. The minimum Gasteiger partial charge on any atom is -0.494 e. The molecule has 5 nitrogen and oxygen atoms in total. The van der Waals surface area contributed by atoms with Gasteiger partial charge in [-0.1, -0.05) is 48.9 Å². The van der Waals surface area contributed by atoms with Crippen LogP contribution in [0, 0.1) is 6.92 Å². The van der Waals surface area contributed by atoms with Crippen LogP contribution in [0.1, 0.15) is 40.4 Å². The van der Waals surface area contributed by atoms with Crippen LogP contribution in [-0.2, 0) is 6.61 Å². The third-order valence-electron chi connectivity index (χ3n) is 4.35. The van der Waals surface area contributed by atoms with Crippen molar-refractivity contribution in [3.63, 3.8) is 0 Å². The van der Waals surface area contributed by atoms with Gasteiger partial charge in [-0.05, 0) is 60.9 Å². The summed E-state index contributed by atoms with van der Waals surface area (Å²) < 4.78 is 11.4. The number of benzene rings is 3. The number of rotatable bonds is 9. The van der Waals surface area contributed by atoms with Gasteiger partial charge in [-0.15, -0.1) is 0 Å². The largest absolute Gasteiger partial charge is 0.494 e. The Kier molecular flexibility index (Phi) is 7.61. The summed E-state index contributed by atoms with van der Waals surface area (Å²) in [6.45, 7) is 5.26. The van der Waals surface area contributed by atoms with Gasteiger partial charge in [0.15, 0.2) is 0 Å². The van der Waals surface area contributed by atoms with E-state index in [0.29, 0.717) is 18.8 Å². The summed E-state index contributed by atoms with van der Waals surface area (Å²) in [7, 11) is 0. The third-order valence-corrected chi connectivity index (χ3v) is 4.35. The van der Waals surface area contributed by atoms with Gasteiger partial charge in [0.25, 0.3) is 5.91 Å². The van der Waals surface area contributed by atoms with Crippen LogP contribution in [0.5, 0.6) is 11.5 Å². The van der Waals surface area contributed by atoms with Crippen LogP contribution in [0.3, 0.4) is 0 Å². The van der Waals surface area contributed by atoms with Gasteiger partial charge in [0.05, 0.1) is 12.8 Å². The van der Waals surface area contributed by atoms with Crippen molar-refractivity contribution in [2.45, 2.75) is 26.9 Å². The zero-order chi connectivity index (χ0) is 21.2. The smallest absolute Gasteiger partial charge is 0.271 e. The Labute approximate surface area is 177 Å². The molecule has 1 N–H and O–H groups in total. The van der Waals surface area contributed by atoms with Crippen LogP contribution < -0.4 is 14.9 Å². The first-order chi connectivity index (χ1) is 14.6. The number of aryl methyl sites for hydroxylation is 1. The van der Waals surface area contributed by atoms with E-state index in [9.17, 15) is 4.79 Å². The van der Waals surface area contributed by atoms with Gasteiger partial charge in [0.2, 0.25) is 0 Å². The molecule has 30 heavy (non-hydrogen) atoms. The van der Waals surface area contributed by atoms with Crippen molar-refractivity contribution in [2.24, 2.45) is 5.10 Å². The van der Waals surface area contributed by atoms with Crippen LogP contribution in [0.2, 0.25) is 0 Å². The van der Waals surface area contributed by atoms with Gasteiger partial charge in [-0.3, -0.25) is 4.79 Å². The highest BCUT2D eigenvalue weighted by molar-refractivity contribution is 5.95. The van der Waals surface area contributed by atoms with Gasteiger partial charge in [-0.2, -0.15) is 5.10 Å². The maximum atomic E-state index is 12.2. The Morgan fingerprint density at radius 2 is 1.73 bits per heavy atom. The van der Waals surface area contributed by atoms with E-state index in [2.05, 4.69) is 41.7 Å². The standard InChI is InChI=1S/C25H26N2O3/c1-3-15-29-23-13-11-22(12-14-23)25(28)27-26-17-21-5-4-6-24(16-21)30-18-20-9-7-19(2)8-10-20/h4-14,16-17H,3,15,18H2,1-2H3,(H,27,28)/b26-17+. The van der Waals surface area contributed by atoms with E-state index in [4.69, 9.17) is 9.47 Å². The lowest BCUT2D eigenvalue weighted by Gasteiger charge is -2.07. The Balaban J connectivity index is 1.52. The fraction of sp³-hybridized carbons (Fsp3) is 0.200. The summed E-state index contributed by atoms with van der Waals surface area (Å²) >= 11 is 0. The highest BCUT2D eigenvalue weighted by atomic mass is 16.5. The second-order valence-electron chi connectivity index (χ2n) is 6.92. The van der Waals surface area contributed by atoms with Gasteiger partial charge in [-0.25, -0.2) is 5.43 Å². The van der Waals surface area contributed by atoms with Crippen molar-refractivity contribution in [2.75, 3.05) is 6.61 Å². The molecule has 0 saturated heterocycles. The summed E-state index contributed by atoms with van der Waals surface area (Å²) in [6, 6.07) is 22.8. The van der Waals surface area contributed by atoms with Crippen molar-refractivity contribution >= 4 is 12.1 Å². The molecule has 1 amide bonds. The molecule has 5 heteroatoms. The second-order valence-corrected chi connectivity index (χ2v) is 6.92. The lowest BCUT2D eigenvalue weighted by atomic mass is 10.2. The van der Waals surface area contributed by atoms with E-state index in [0.717, 1.165) is 29.0 Å². The lowest BCUT2D eigenvalue weighted by molar-refractivity contribution is 0.0955. The van der Waals surface area contributed by atoms with Crippen molar-refractivity contribution in [3.05, 3.63) is 95.1 Å². The Hall–Kier alpha value is -3.60. The summed E-state index contributed by atoms with van der Waals surface area (Å²) in [4.78, 5) is 12.2. The molecule has 3 aromatic rings. The van der Waals surface area contributed by atoms with Crippen LogP contribution in [0.15, 0.2) is 77.9 Å². The van der Waals surface area contributed by atoms with E-state index < -0.39 is 0 Å². The molecule has 0 atom stereocenters. The van der Waals surface area contributed by atoms with E-state index in [1.165, 1.54) is 5.56 Å². The first kappa shape index (κ1) is 21.1. The molecule has 0 bridgehead atoms. The number of ether oxygens (including phenoxy) is 2. The van der Waals surface area contributed by atoms with Crippen LogP contribution in [0.4, 0.5) is 0 Å². The van der Waals surface area contributed by atoms with Crippen molar-refractivity contribution < 1.29 is 14.3 Å². The molecule has 0 aliphatic heterocycles. The molecule has 3 rings (SSSR count). The number of hydrogen-bond donors (Lipinski definition) is 1. The van der Waals surface area contributed by atoms with Crippen LogP contribution in [-0.4, -0.2) is 18.7 Å². The lowest BCUT2D eigenvalue weighted by Crippen LogP contribution is -2.17. The monoisotopic (exact) mass is 402 g/mol. The van der Waals surface area contributed by atoms with Gasteiger partial charge in [0.1, 0.15) is 18.1 Å². The summed E-state index contributed by atoms with van der Waals surface area (Å²) in [5, 5.41) is 4.05. The first-order valence-corrected chi connectivity index (χ1v) is 9.98. The van der Waals surface area contributed by atoms with Crippen molar-refractivity contribution in [1.29, 1.82) is 0 Å². The number of hydrogen-bond acceptors (Lipinski definition) is 4. The molecule has 0 fully saturated rings. The highest BCUT2D eigenvalue weighted by Gasteiger charge is 2.04. The average Bonchev–Trinajstić information content (AvgIpc) is 2.78. The Bertz CT molecular complexity index is 980. The van der Waals surface area contributed by atoms with Crippen LogP contribution in [0.25, 0.3) is 0 Å². The number of carbonyl (C=O) groups is 1. The molecule has 0 unspecified atom stereocenters. The minimum absolute atomic E-state index is 0.278. The van der Waals surface area contributed by atoms with E-state index >= 15 is 0 Å². The van der Waals surface area contributed by atoms with Crippen LogP contribution >= 0.6 is 0 Å². The quantitative estimate of drug-likeness (QED) is 0.399. The van der Waals surface area contributed by atoms with Crippen molar-refractivity contribution in [3.8, 4) is 11.5 Å². The average molecular weight is 402 g/mol. The number of nitrogens with one attached hydrogen (secondary N) is 1. The maximum Gasteiger partial charge on any atom is 0.271 e. The fourth-order valence-corrected chi connectivity index (χ4v) is 2.69. The van der Waals surface area contributed by atoms with E-state index in [1.54, 1.807) is 30.5 Å². The van der Waals surface area contributed by atoms with Gasteiger partial charge >= 0.3 is 0 Å². The molecule has 0 aliphatic rings. The second kappa shape index (κ2) is 10.8. The van der Waals surface area contributed by atoms with Crippen molar-refractivity contribution in [1.82, 2.24) is 5.43 Å². The van der Waals surface area contributed by atoms with Gasteiger partial charge in [0, 0.05) is 5.56 Å². The predicted molar refractivity (Wildman–Crippen MR) is 119 cm³/mol. The van der Waals surface area contributed by atoms with Gasteiger partial charge < -0.3 is 9.47 Å². The molecule has 0 aliphatic carbocycles. The molecule has 0 spiro atoms. The summed E-state index contributed by atoms with van der Waals surface area (Å²) in [5.41, 5.74) is 6.23. The summed E-state index contributed by atoms with van der Waals surface area (Å²) in [6.07, 6.45) is 2.53. The first-order valence-electron chi connectivity index (χ1n) is 9.98. The molecule has 0 saturated carbocycles. The number of hydrazone groups is 1. The predicted octanol–water partition coefficient (Wildman–Crippen LogP) is 5.13. The highest BCUT2D eigenvalue weighted by Crippen LogP contribution is 2.15. The number of nitrogens with zero attached hydrogens (tertiary/aromatic N) is 1. The zero-order valence-corrected chi connectivity index (χ0v) is 17.3.